The van der Waals surface area contributed by atoms with E-state index in [1.54, 1.807) is 6.33 Å². The summed E-state index contributed by atoms with van der Waals surface area (Å²) in [7, 11) is 1.90. The molecule has 0 amide bonds. The summed E-state index contributed by atoms with van der Waals surface area (Å²) in [6, 6.07) is 8.27. The van der Waals surface area contributed by atoms with Crippen molar-refractivity contribution in [1.29, 1.82) is 0 Å². The lowest BCUT2D eigenvalue weighted by Crippen LogP contribution is -2.03. The van der Waals surface area contributed by atoms with Crippen LogP contribution in [0.25, 0.3) is 11.2 Å². The molecule has 0 aliphatic heterocycles. The van der Waals surface area contributed by atoms with Crippen LogP contribution >= 0.6 is 22.6 Å². The van der Waals surface area contributed by atoms with Crippen molar-refractivity contribution in [3.05, 3.63) is 45.6 Å². The van der Waals surface area contributed by atoms with Crippen LogP contribution in [-0.4, -0.2) is 19.5 Å². The van der Waals surface area contributed by atoms with Gasteiger partial charge in [-0.3, -0.25) is 0 Å². The Labute approximate surface area is 124 Å². The maximum Gasteiger partial charge on any atom is 0.165 e. The van der Waals surface area contributed by atoms with Crippen LogP contribution in [0.3, 0.4) is 0 Å². The molecule has 2 aromatic heterocycles. The number of benzene rings is 1. The van der Waals surface area contributed by atoms with Gasteiger partial charge in [-0.1, -0.05) is 12.1 Å². The van der Waals surface area contributed by atoms with Gasteiger partial charge in [0.05, 0.1) is 6.33 Å². The van der Waals surface area contributed by atoms with Crippen molar-refractivity contribution >= 4 is 39.6 Å². The lowest BCUT2D eigenvalue weighted by molar-refractivity contribution is 0.908. The minimum Gasteiger partial charge on any atom is -0.382 e. The van der Waals surface area contributed by atoms with E-state index in [9.17, 15) is 0 Å². The highest BCUT2D eigenvalue weighted by atomic mass is 127. The van der Waals surface area contributed by atoms with Crippen molar-refractivity contribution in [3.8, 4) is 0 Å². The first kappa shape index (κ1) is 12.3. The zero-order valence-electron chi connectivity index (χ0n) is 10.3. The summed E-state index contributed by atoms with van der Waals surface area (Å²) in [6.45, 7) is 0. The van der Waals surface area contributed by atoms with Crippen molar-refractivity contribution < 1.29 is 0 Å². The van der Waals surface area contributed by atoms with Crippen molar-refractivity contribution in [3.63, 3.8) is 0 Å². The van der Waals surface area contributed by atoms with E-state index < -0.39 is 0 Å². The average molecular weight is 365 g/mol. The first-order valence-corrected chi connectivity index (χ1v) is 6.89. The number of aryl methyl sites for hydroxylation is 1. The Morgan fingerprint density at radius 1 is 1.32 bits per heavy atom. The van der Waals surface area contributed by atoms with Gasteiger partial charge in [-0.2, -0.15) is 0 Å². The molecule has 2 N–H and O–H groups in total. The van der Waals surface area contributed by atoms with Gasteiger partial charge in [-0.15, -0.1) is 0 Å². The van der Waals surface area contributed by atoms with Gasteiger partial charge in [0, 0.05) is 17.0 Å². The SMILES string of the molecule is Cn1cnc2c(N)nc(Cc3cccc(I)c3)nc21. The minimum absolute atomic E-state index is 0.436. The van der Waals surface area contributed by atoms with E-state index in [1.165, 1.54) is 9.13 Å². The Morgan fingerprint density at radius 2 is 2.16 bits per heavy atom. The Balaban J connectivity index is 2.03. The van der Waals surface area contributed by atoms with Crippen molar-refractivity contribution in [2.75, 3.05) is 5.73 Å². The van der Waals surface area contributed by atoms with Crippen LogP contribution in [0.15, 0.2) is 30.6 Å². The lowest BCUT2D eigenvalue weighted by Gasteiger charge is -2.04. The number of aromatic nitrogens is 4. The molecule has 2 heterocycles. The molecule has 96 valence electrons. The molecule has 0 bridgehead atoms. The summed E-state index contributed by atoms with van der Waals surface area (Å²) in [5, 5.41) is 0. The second-order valence-electron chi connectivity index (χ2n) is 4.36. The van der Waals surface area contributed by atoms with Crippen molar-refractivity contribution in [2.24, 2.45) is 7.05 Å². The molecule has 6 heteroatoms. The van der Waals surface area contributed by atoms with E-state index in [1.807, 2.05) is 17.7 Å². The van der Waals surface area contributed by atoms with E-state index in [-0.39, 0.29) is 0 Å². The van der Waals surface area contributed by atoms with Gasteiger partial charge in [0.2, 0.25) is 0 Å². The quantitative estimate of drug-likeness (QED) is 0.707. The summed E-state index contributed by atoms with van der Waals surface area (Å²) in [5.41, 5.74) is 8.53. The largest absolute Gasteiger partial charge is 0.382 e. The predicted molar refractivity (Wildman–Crippen MR) is 82.7 cm³/mol. The fourth-order valence-corrected chi connectivity index (χ4v) is 2.59. The molecule has 0 aliphatic carbocycles. The summed E-state index contributed by atoms with van der Waals surface area (Å²) in [4.78, 5) is 13.0. The second-order valence-corrected chi connectivity index (χ2v) is 5.61. The standard InChI is InChI=1S/C13H12IN5/c1-19-7-16-11-12(15)17-10(18-13(11)19)6-8-3-2-4-9(14)5-8/h2-5,7H,6H2,1H3,(H2,15,17,18). The number of nitrogen functional groups attached to an aromatic ring is 1. The second kappa shape index (κ2) is 4.76. The van der Waals surface area contributed by atoms with E-state index in [0.29, 0.717) is 17.8 Å². The van der Waals surface area contributed by atoms with E-state index in [4.69, 9.17) is 5.73 Å². The monoisotopic (exact) mass is 365 g/mol. The molecule has 3 rings (SSSR count). The van der Waals surface area contributed by atoms with Gasteiger partial charge in [0.15, 0.2) is 11.5 Å². The fraction of sp³-hybridized carbons (Fsp3) is 0.154. The molecule has 0 atom stereocenters. The molecule has 0 unspecified atom stereocenters. The minimum atomic E-state index is 0.436. The number of imidazole rings is 1. The van der Waals surface area contributed by atoms with E-state index >= 15 is 0 Å². The molecular formula is C13H12IN5. The number of rotatable bonds is 2. The molecule has 0 radical (unpaired) electrons. The summed E-state index contributed by atoms with van der Waals surface area (Å²) < 4.78 is 3.05. The molecule has 3 aromatic rings. The van der Waals surface area contributed by atoms with Crippen LogP contribution < -0.4 is 5.73 Å². The summed E-state index contributed by atoms with van der Waals surface area (Å²) in [6.07, 6.45) is 2.37. The molecule has 5 nitrogen and oxygen atoms in total. The number of halogens is 1. The van der Waals surface area contributed by atoms with Crippen LogP contribution in [0.5, 0.6) is 0 Å². The van der Waals surface area contributed by atoms with Gasteiger partial charge in [0.1, 0.15) is 11.3 Å². The normalized spacial score (nSPS) is 11.1. The van der Waals surface area contributed by atoms with Gasteiger partial charge < -0.3 is 10.3 Å². The topological polar surface area (TPSA) is 69.6 Å². The third kappa shape index (κ3) is 2.40. The highest BCUT2D eigenvalue weighted by Gasteiger charge is 2.10. The van der Waals surface area contributed by atoms with Crippen LogP contribution in [0.1, 0.15) is 11.4 Å². The number of anilines is 1. The van der Waals surface area contributed by atoms with Crippen LogP contribution in [0.2, 0.25) is 0 Å². The Bertz CT molecular complexity index is 750. The third-order valence-corrected chi connectivity index (χ3v) is 3.56. The first-order chi connectivity index (χ1) is 9.13. The molecule has 0 saturated carbocycles. The maximum absolute atomic E-state index is 5.93. The molecule has 0 fully saturated rings. The van der Waals surface area contributed by atoms with Crippen molar-refractivity contribution in [2.45, 2.75) is 6.42 Å². The van der Waals surface area contributed by atoms with Gasteiger partial charge >= 0.3 is 0 Å². The number of hydrogen-bond acceptors (Lipinski definition) is 4. The fourth-order valence-electron chi connectivity index (χ4n) is 1.98. The van der Waals surface area contributed by atoms with Gasteiger partial charge in [0.25, 0.3) is 0 Å². The lowest BCUT2D eigenvalue weighted by atomic mass is 10.1. The van der Waals surface area contributed by atoms with Crippen LogP contribution in [-0.2, 0) is 13.5 Å². The summed E-state index contributed by atoms with van der Waals surface area (Å²) in [5.74, 6) is 1.15. The van der Waals surface area contributed by atoms with Crippen LogP contribution in [0, 0.1) is 3.57 Å². The van der Waals surface area contributed by atoms with Crippen molar-refractivity contribution in [1.82, 2.24) is 19.5 Å². The van der Waals surface area contributed by atoms with Gasteiger partial charge in [-0.25, -0.2) is 15.0 Å². The number of fused-ring (bicyclic) bond motifs is 1. The smallest absolute Gasteiger partial charge is 0.165 e. The molecule has 19 heavy (non-hydrogen) atoms. The first-order valence-electron chi connectivity index (χ1n) is 5.81. The third-order valence-electron chi connectivity index (χ3n) is 2.88. The Morgan fingerprint density at radius 3 is 2.95 bits per heavy atom. The molecule has 0 saturated heterocycles. The molecule has 0 aliphatic rings. The molecule has 1 aromatic carbocycles. The van der Waals surface area contributed by atoms with E-state index in [2.05, 4.69) is 55.7 Å². The predicted octanol–water partition coefficient (Wildman–Crippen LogP) is 2.14. The Kier molecular flexibility index (Phi) is 3.09. The highest BCUT2D eigenvalue weighted by molar-refractivity contribution is 14.1. The maximum atomic E-state index is 5.93. The number of nitrogens with two attached hydrogens (primary N) is 1. The zero-order valence-corrected chi connectivity index (χ0v) is 12.5. The average Bonchev–Trinajstić information content (AvgIpc) is 2.72. The number of nitrogens with zero attached hydrogens (tertiary/aromatic N) is 4. The summed E-state index contributed by atoms with van der Waals surface area (Å²) >= 11 is 2.29. The Hall–Kier alpha value is -1.70. The zero-order chi connectivity index (χ0) is 13.4. The van der Waals surface area contributed by atoms with E-state index in [0.717, 1.165) is 11.5 Å². The molecule has 0 spiro atoms. The number of hydrogen-bond donors (Lipinski definition) is 1. The van der Waals surface area contributed by atoms with Crippen LogP contribution in [0.4, 0.5) is 5.82 Å². The molecular weight excluding hydrogens is 353 g/mol. The highest BCUT2D eigenvalue weighted by Crippen LogP contribution is 2.17. The van der Waals surface area contributed by atoms with Gasteiger partial charge in [-0.05, 0) is 40.3 Å².